The third-order valence-electron chi connectivity index (χ3n) is 2.81. The summed E-state index contributed by atoms with van der Waals surface area (Å²) in [7, 11) is 0. The lowest BCUT2D eigenvalue weighted by atomic mass is 10.3. The van der Waals surface area contributed by atoms with Crippen molar-refractivity contribution < 1.29 is 24.2 Å². The molecule has 0 unspecified atom stereocenters. The summed E-state index contributed by atoms with van der Waals surface area (Å²) in [6.45, 7) is 0.308. The Hall–Kier alpha value is -2.77. The average Bonchev–Trinajstić information content (AvgIpc) is 2.46. The summed E-state index contributed by atoms with van der Waals surface area (Å²) >= 11 is 0. The number of piperazine rings is 1. The molecule has 1 saturated heterocycles. The second kappa shape index (κ2) is 6.60. The number of carboxylic acid groups (broad SMARTS) is 1. The number of urea groups is 1. The molecule has 0 aliphatic carbocycles. The Kier molecular flexibility index (Phi) is 4.60. The largest absolute Gasteiger partial charge is 0.480 e. The van der Waals surface area contributed by atoms with Gasteiger partial charge in [-0.25, -0.2) is 9.59 Å². The summed E-state index contributed by atoms with van der Waals surface area (Å²) in [5.41, 5.74) is 0.356. The van der Waals surface area contributed by atoms with Gasteiger partial charge in [0, 0.05) is 13.1 Å². The molecule has 1 aromatic carbocycles. The lowest BCUT2D eigenvalue weighted by Crippen LogP contribution is -2.51. The van der Waals surface area contributed by atoms with Gasteiger partial charge in [0.2, 0.25) is 5.91 Å². The quantitative estimate of drug-likeness (QED) is 0.730. The number of benzene rings is 1. The molecule has 3 N–H and O–H groups in total. The van der Waals surface area contributed by atoms with Gasteiger partial charge in [0.1, 0.15) is 12.3 Å². The van der Waals surface area contributed by atoms with Gasteiger partial charge in [0.15, 0.2) is 6.61 Å². The SMILES string of the molecule is O=C(O)COc1ccccc1NC(=O)N1CCNC(=O)C1. The third kappa shape index (κ3) is 4.10. The Bertz CT molecular complexity index is 560. The van der Waals surface area contributed by atoms with Gasteiger partial charge in [-0.1, -0.05) is 12.1 Å². The molecule has 1 heterocycles. The molecule has 0 aromatic heterocycles. The van der Waals surface area contributed by atoms with Crippen molar-refractivity contribution in [1.29, 1.82) is 0 Å². The van der Waals surface area contributed by atoms with Gasteiger partial charge in [-0.05, 0) is 12.1 Å². The number of ether oxygens (including phenoxy) is 1. The molecule has 1 aliphatic rings. The first-order valence-corrected chi connectivity index (χ1v) is 6.32. The Labute approximate surface area is 120 Å². The molecule has 112 valence electrons. The zero-order chi connectivity index (χ0) is 15.2. The van der Waals surface area contributed by atoms with E-state index in [-0.39, 0.29) is 18.2 Å². The Balaban J connectivity index is 2.02. The first-order chi connectivity index (χ1) is 10.1. The van der Waals surface area contributed by atoms with Crippen molar-refractivity contribution in [2.75, 3.05) is 31.6 Å². The Morgan fingerprint density at radius 2 is 2.14 bits per heavy atom. The number of carbonyl (C=O) groups excluding carboxylic acids is 2. The number of aliphatic carboxylic acids is 1. The smallest absolute Gasteiger partial charge is 0.341 e. The molecule has 0 radical (unpaired) electrons. The maximum absolute atomic E-state index is 12.1. The van der Waals surface area contributed by atoms with E-state index < -0.39 is 18.6 Å². The molecular weight excluding hydrogens is 278 g/mol. The van der Waals surface area contributed by atoms with Crippen molar-refractivity contribution in [3.63, 3.8) is 0 Å². The van der Waals surface area contributed by atoms with Gasteiger partial charge >= 0.3 is 12.0 Å². The highest BCUT2D eigenvalue weighted by atomic mass is 16.5. The van der Waals surface area contributed by atoms with Crippen molar-refractivity contribution in [3.8, 4) is 5.75 Å². The average molecular weight is 293 g/mol. The van der Waals surface area contributed by atoms with Crippen LogP contribution in [0.3, 0.4) is 0 Å². The number of para-hydroxylation sites is 2. The molecule has 2 rings (SSSR count). The normalized spacial score (nSPS) is 14.3. The number of nitrogens with one attached hydrogen (secondary N) is 2. The van der Waals surface area contributed by atoms with E-state index in [2.05, 4.69) is 10.6 Å². The minimum absolute atomic E-state index is 0.00994. The highest BCUT2D eigenvalue weighted by Gasteiger charge is 2.21. The highest BCUT2D eigenvalue weighted by molar-refractivity contribution is 5.94. The fourth-order valence-electron chi connectivity index (χ4n) is 1.84. The van der Waals surface area contributed by atoms with Gasteiger partial charge in [-0.2, -0.15) is 0 Å². The van der Waals surface area contributed by atoms with Crippen LogP contribution in [0.4, 0.5) is 10.5 Å². The topological polar surface area (TPSA) is 108 Å². The molecule has 0 saturated carbocycles. The number of amides is 3. The van der Waals surface area contributed by atoms with Gasteiger partial charge < -0.3 is 25.4 Å². The number of hydrogen-bond donors (Lipinski definition) is 3. The van der Waals surface area contributed by atoms with Gasteiger partial charge in [-0.15, -0.1) is 0 Å². The minimum atomic E-state index is -1.11. The van der Waals surface area contributed by atoms with Crippen LogP contribution in [0.5, 0.6) is 5.75 Å². The van der Waals surface area contributed by atoms with Gasteiger partial charge in [0.05, 0.1) is 5.69 Å². The fourth-order valence-corrected chi connectivity index (χ4v) is 1.84. The van der Waals surface area contributed by atoms with E-state index in [1.165, 1.54) is 4.90 Å². The maximum atomic E-state index is 12.1. The molecule has 1 aromatic rings. The summed E-state index contributed by atoms with van der Waals surface area (Å²) in [5.74, 6) is -1.06. The number of rotatable bonds is 4. The number of hydrogen-bond acceptors (Lipinski definition) is 4. The first kappa shape index (κ1) is 14.6. The second-order valence-corrected chi connectivity index (χ2v) is 4.38. The molecule has 8 heteroatoms. The van der Waals surface area contributed by atoms with Crippen LogP contribution >= 0.6 is 0 Å². The van der Waals surface area contributed by atoms with Gasteiger partial charge in [0.25, 0.3) is 0 Å². The van der Waals surface area contributed by atoms with Crippen LogP contribution in [0, 0.1) is 0 Å². The Morgan fingerprint density at radius 3 is 2.86 bits per heavy atom. The maximum Gasteiger partial charge on any atom is 0.341 e. The predicted molar refractivity (Wildman–Crippen MR) is 73.2 cm³/mol. The summed E-state index contributed by atoms with van der Waals surface area (Å²) in [4.78, 5) is 35.2. The number of nitrogens with zero attached hydrogens (tertiary/aromatic N) is 1. The molecule has 8 nitrogen and oxygen atoms in total. The van der Waals surface area contributed by atoms with Crippen molar-refractivity contribution >= 4 is 23.6 Å². The van der Waals surface area contributed by atoms with Crippen molar-refractivity contribution in [2.45, 2.75) is 0 Å². The third-order valence-corrected chi connectivity index (χ3v) is 2.81. The van der Waals surface area contributed by atoms with Crippen molar-refractivity contribution in [2.24, 2.45) is 0 Å². The lowest BCUT2D eigenvalue weighted by molar-refractivity contribution is -0.139. The van der Waals surface area contributed by atoms with E-state index in [1.807, 2.05) is 0 Å². The fraction of sp³-hybridized carbons (Fsp3) is 0.308. The molecular formula is C13H15N3O5. The molecule has 0 spiro atoms. The van der Waals surface area contributed by atoms with E-state index in [0.29, 0.717) is 18.8 Å². The molecule has 3 amide bonds. The molecule has 0 atom stereocenters. The van der Waals surface area contributed by atoms with Crippen LogP contribution in [-0.2, 0) is 9.59 Å². The summed E-state index contributed by atoms with van der Waals surface area (Å²) in [6, 6.07) is 6.07. The van der Waals surface area contributed by atoms with Crippen LogP contribution in [0.15, 0.2) is 24.3 Å². The summed E-state index contributed by atoms with van der Waals surface area (Å²) in [6.07, 6.45) is 0. The van der Waals surface area contributed by atoms with Crippen LogP contribution in [0.25, 0.3) is 0 Å². The zero-order valence-electron chi connectivity index (χ0n) is 11.2. The standard InChI is InChI=1S/C13H15N3O5/c17-11-7-16(6-5-14-11)13(20)15-9-3-1-2-4-10(9)21-8-12(18)19/h1-4H,5-8H2,(H,14,17)(H,15,20)(H,18,19). The number of anilines is 1. The van der Waals surface area contributed by atoms with Gasteiger partial charge in [-0.3, -0.25) is 4.79 Å². The monoisotopic (exact) mass is 293 g/mol. The number of carboxylic acids is 1. The van der Waals surface area contributed by atoms with Crippen molar-refractivity contribution in [1.82, 2.24) is 10.2 Å². The van der Waals surface area contributed by atoms with E-state index in [1.54, 1.807) is 24.3 Å². The lowest BCUT2D eigenvalue weighted by Gasteiger charge is -2.27. The molecule has 1 fully saturated rings. The van der Waals surface area contributed by atoms with Crippen LogP contribution in [-0.4, -0.2) is 54.2 Å². The predicted octanol–water partition coefficient (Wildman–Crippen LogP) is 0.114. The zero-order valence-corrected chi connectivity index (χ0v) is 11.2. The summed E-state index contributed by atoms with van der Waals surface area (Å²) in [5, 5.41) is 13.9. The van der Waals surface area contributed by atoms with E-state index in [4.69, 9.17) is 9.84 Å². The Morgan fingerprint density at radius 1 is 1.38 bits per heavy atom. The second-order valence-electron chi connectivity index (χ2n) is 4.38. The highest BCUT2D eigenvalue weighted by Crippen LogP contribution is 2.24. The minimum Gasteiger partial charge on any atom is -0.480 e. The van der Waals surface area contributed by atoms with E-state index in [9.17, 15) is 14.4 Å². The molecule has 21 heavy (non-hydrogen) atoms. The van der Waals surface area contributed by atoms with E-state index in [0.717, 1.165) is 0 Å². The van der Waals surface area contributed by atoms with Crippen LogP contribution in [0.1, 0.15) is 0 Å². The summed E-state index contributed by atoms with van der Waals surface area (Å²) < 4.78 is 5.10. The molecule has 1 aliphatic heterocycles. The molecule has 0 bridgehead atoms. The van der Waals surface area contributed by atoms with Crippen LogP contribution < -0.4 is 15.4 Å². The van der Waals surface area contributed by atoms with E-state index >= 15 is 0 Å². The first-order valence-electron chi connectivity index (χ1n) is 6.32. The number of carbonyl (C=O) groups is 3. The van der Waals surface area contributed by atoms with Crippen molar-refractivity contribution in [3.05, 3.63) is 24.3 Å². The van der Waals surface area contributed by atoms with Crippen LogP contribution in [0.2, 0.25) is 0 Å².